The number of ether oxygens (including phenoxy) is 1. The molecule has 0 bridgehead atoms. The van der Waals surface area contributed by atoms with Crippen LogP contribution in [0.4, 0.5) is 10.5 Å². The van der Waals surface area contributed by atoms with E-state index in [-0.39, 0.29) is 6.09 Å². The van der Waals surface area contributed by atoms with E-state index in [2.05, 4.69) is 10.4 Å². The lowest BCUT2D eigenvalue weighted by Gasteiger charge is -2.35. The van der Waals surface area contributed by atoms with E-state index in [1.54, 1.807) is 26.5 Å². The van der Waals surface area contributed by atoms with Gasteiger partial charge < -0.3 is 15.1 Å². The number of hydrogen-bond donors (Lipinski definition) is 1. The summed E-state index contributed by atoms with van der Waals surface area (Å²) in [5.74, 6) is 0. The summed E-state index contributed by atoms with van der Waals surface area (Å²) in [5.41, 5.74) is 6.14. The number of nitrogens with zero attached hydrogens (tertiary/aromatic N) is 3. The van der Waals surface area contributed by atoms with Crippen molar-refractivity contribution in [3.8, 4) is 0 Å². The number of fused-ring (bicyclic) bond motifs is 1. The van der Waals surface area contributed by atoms with Crippen molar-refractivity contribution < 1.29 is 9.53 Å². The van der Waals surface area contributed by atoms with Gasteiger partial charge in [-0.05, 0) is 29.3 Å². The Morgan fingerprint density at radius 3 is 2.79 bits per heavy atom. The number of nitrogens with one attached hydrogen (secondary N) is 1. The van der Waals surface area contributed by atoms with Gasteiger partial charge >= 0.3 is 6.09 Å². The lowest BCUT2D eigenvalue weighted by Crippen LogP contribution is -2.40. The molecule has 1 N–H and O–H groups in total. The molecular formula is C17H19ClN4O2. The van der Waals surface area contributed by atoms with E-state index in [4.69, 9.17) is 16.3 Å². The van der Waals surface area contributed by atoms with Crippen LogP contribution in [0.5, 0.6) is 0 Å². The first-order chi connectivity index (χ1) is 11.5. The molecule has 0 radical (unpaired) electrons. The quantitative estimate of drug-likeness (QED) is 0.924. The van der Waals surface area contributed by atoms with Crippen LogP contribution in [0.3, 0.4) is 0 Å². The first-order valence-corrected chi connectivity index (χ1v) is 7.99. The van der Waals surface area contributed by atoms with Crippen LogP contribution in [-0.4, -0.2) is 41.6 Å². The SMILES string of the molecule is CN(C)C(=O)OC1CN(Nc2ccncc2)Cc2c(Cl)cccc21. The fourth-order valence-corrected chi connectivity index (χ4v) is 2.86. The number of aromatic nitrogens is 1. The lowest BCUT2D eigenvalue weighted by molar-refractivity contribution is 0.0473. The minimum Gasteiger partial charge on any atom is -0.440 e. The fraction of sp³-hybridized carbons (Fsp3) is 0.294. The van der Waals surface area contributed by atoms with Gasteiger partial charge in [0.25, 0.3) is 0 Å². The zero-order valence-electron chi connectivity index (χ0n) is 13.6. The van der Waals surface area contributed by atoms with E-state index in [1.165, 1.54) is 4.90 Å². The van der Waals surface area contributed by atoms with E-state index < -0.39 is 6.10 Å². The Balaban J connectivity index is 1.85. The third-order valence-electron chi connectivity index (χ3n) is 3.81. The Morgan fingerprint density at radius 1 is 1.33 bits per heavy atom. The normalized spacial score (nSPS) is 17.0. The molecule has 126 valence electrons. The van der Waals surface area contributed by atoms with Gasteiger partial charge in [0, 0.05) is 38.1 Å². The largest absolute Gasteiger partial charge is 0.440 e. The standard InChI is InChI=1S/C17H19ClN4O2/c1-21(2)17(23)24-16-11-22(20-12-6-8-19-9-7-12)10-14-13(16)4-3-5-15(14)18/h3-9,16H,10-11H2,1-2H3,(H,19,20). The number of amides is 1. The monoisotopic (exact) mass is 346 g/mol. The van der Waals surface area contributed by atoms with E-state index in [0.29, 0.717) is 18.1 Å². The summed E-state index contributed by atoms with van der Waals surface area (Å²) >= 11 is 6.36. The maximum absolute atomic E-state index is 12.0. The summed E-state index contributed by atoms with van der Waals surface area (Å²) in [4.78, 5) is 17.4. The predicted octanol–water partition coefficient (Wildman–Crippen LogP) is 3.32. The number of carbonyl (C=O) groups excluding carboxylic acids is 1. The number of benzene rings is 1. The van der Waals surface area contributed by atoms with Gasteiger partial charge in [-0.2, -0.15) is 0 Å². The molecular weight excluding hydrogens is 328 g/mol. The minimum absolute atomic E-state index is 0.378. The number of hydrogen-bond acceptors (Lipinski definition) is 5. The Hall–Kier alpha value is -2.31. The van der Waals surface area contributed by atoms with Gasteiger partial charge in [0.05, 0.1) is 12.2 Å². The summed E-state index contributed by atoms with van der Waals surface area (Å²) in [6.45, 7) is 1.14. The number of pyridine rings is 1. The first kappa shape index (κ1) is 16.5. The van der Waals surface area contributed by atoms with Crippen molar-refractivity contribution in [3.05, 3.63) is 58.9 Å². The number of halogens is 1. The van der Waals surface area contributed by atoms with Crippen LogP contribution in [0.1, 0.15) is 17.2 Å². The third kappa shape index (κ3) is 3.60. The molecule has 1 aromatic heterocycles. The Bertz CT molecular complexity index is 724. The second kappa shape index (κ2) is 7.07. The van der Waals surface area contributed by atoms with E-state index in [9.17, 15) is 4.79 Å². The average Bonchev–Trinajstić information content (AvgIpc) is 2.56. The van der Waals surface area contributed by atoms with Gasteiger partial charge in [0.15, 0.2) is 0 Å². The molecule has 0 spiro atoms. The van der Waals surface area contributed by atoms with Crippen molar-refractivity contribution in [2.45, 2.75) is 12.6 Å². The molecule has 1 aliphatic heterocycles. The van der Waals surface area contributed by atoms with Crippen LogP contribution in [-0.2, 0) is 11.3 Å². The maximum Gasteiger partial charge on any atom is 0.409 e. The van der Waals surface area contributed by atoms with Gasteiger partial charge in [0.1, 0.15) is 6.10 Å². The lowest BCUT2D eigenvalue weighted by atomic mass is 9.98. The Labute approximate surface area is 146 Å². The first-order valence-electron chi connectivity index (χ1n) is 7.61. The van der Waals surface area contributed by atoms with Gasteiger partial charge in [-0.15, -0.1) is 0 Å². The molecule has 1 aliphatic rings. The second-order valence-corrected chi connectivity index (χ2v) is 6.21. The van der Waals surface area contributed by atoms with Gasteiger partial charge in [-0.3, -0.25) is 4.98 Å². The zero-order valence-corrected chi connectivity index (χ0v) is 14.3. The van der Waals surface area contributed by atoms with Gasteiger partial charge in [-0.1, -0.05) is 23.7 Å². The highest BCUT2D eigenvalue weighted by Crippen LogP contribution is 2.34. The second-order valence-electron chi connectivity index (χ2n) is 5.80. The molecule has 2 heterocycles. The molecule has 6 nitrogen and oxygen atoms in total. The van der Waals surface area contributed by atoms with Gasteiger partial charge in [-0.25, -0.2) is 9.80 Å². The average molecular weight is 347 g/mol. The molecule has 0 fully saturated rings. The minimum atomic E-state index is -0.392. The molecule has 1 aromatic carbocycles. The van der Waals surface area contributed by atoms with Crippen molar-refractivity contribution in [3.63, 3.8) is 0 Å². The highest BCUT2D eigenvalue weighted by molar-refractivity contribution is 6.31. The summed E-state index contributed by atoms with van der Waals surface area (Å²) in [6, 6.07) is 9.44. The number of carbonyl (C=O) groups is 1. The van der Waals surface area contributed by atoms with Crippen LogP contribution in [0.2, 0.25) is 5.02 Å². The number of hydrazine groups is 1. The van der Waals surface area contributed by atoms with Crippen LogP contribution in [0.25, 0.3) is 0 Å². The Morgan fingerprint density at radius 2 is 2.08 bits per heavy atom. The number of rotatable bonds is 3. The number of anilines is 1. The van der Waals surface area contributed by atoms with Crippen molar-refractivity contribution in [2.24, 2.45) is 0 Å². The van der Waals surface area contributed by atoms with Crippen LogP contribution in [0.15, 0.2) is 42.7 Å². The van der Waals surface area contributed by atoms with Crippen molar-refractivity contribution >= 4 is 23.4 Å². The van der Waals surface area contributed by atoms with Crippen molar-refractivity contribution in [1.29, 1.82) is 0 Å². The van der Waals surface area contributed by atoms with Gasteiger partial charge in [0.2, 0.25) is 0 Å². The van der Waals surface area contributed by atoms with E-state index >= 15 is 0 Å². The molecule has 2 aromatic rings. The summed E-state index contributed by atoms with van der Waals surface area (Å²) in [6.07, 6.45) is 2.67. The topological polar surface area (TPSA) is 57.7 Å². The molecule has 0 saturated heterocycles. The van der Waals surface area contributed by atoms with Crippen LogP contribution >= 0.6 is 11.6 Å². The predicted molar refractivity (Wildman–Crippen MR) is 92.6 cm³/mol. The van der Waals surface area contributed by atoms with Crippen LogP contribution < -0.4 is 5.43 Å². The summed E-state index contributed by atoms with van der Waals surface area (Å²) in [5, 5.41) is 2.65. The smallest absolute Gasteiger partial charge is 0.409 e. The third-order valence-corrected chi connectivity index (χ3v) is 4.17. The van der Waals surface area contributed by atoms with Crippen LogP contribution in [0, 0.1) is 0 Å². The van der Waals surface area contributed by atoms with E-state index in [0.717, 1.165) is 16.8 Å². The van der Waals surface area contributed by atoms with Crippen molar-refractivity contribution in [2.75, 3.05) is 26.1 Å². The molecule has 0 aliphatic carbocycles. The Kier molecular flexibility index (Phi) is 4.87. The fourth-order valence-electron chi connectivity index (χ4n) is 2.62. The summed E-state index contributed by atoms with van der Waals surface area (Å²) in [7, 11) is 3.33. The maximum atomic E-state index is 12.0. The summed E-state index contributed by atoms with van der Waals surface area (Å²) < 4.78 is 5.64. The van der Waals surface area contributed by atoms with E-state index in [1.807, 2.05) is 35.3 Å². The highest BCUT2D eigenvalue weighted by Gasteiger charge is 2.30. The molecule has 3 rings (SSSR count). The molecule has 0 saturated carbocycles. The zero-order chi connectivity index (χ0) is 17.1. The molecule has 1 unspecified atom stereocenters. The highest BCUT2D eigenvalue weighted by atomic mass is 35.5. The molecule has 7 heteroatoms. The van der Waals surface area contributed by atoms with Crippen molar-refractivity contribution in [1.82, 2.24) is 14.9 Å². The molecule has 1 amide bonds. The molecule has 24 heavy (non-hydrogen) atoms. The molecule has 1 atom stereocenters.